The van der Waals surface area contributed by atoms with E-state index in [1.807, 2.05) is 12.1 Å². The lowest BCUT2D eigenvalue weighted by Crippen LogP contribution is -1.88. The Kier molecular flexibility index (Phi) is 2.62. The van der Waals surface area contributed by atoms with Crippen LogP contribution < -0.4 is 0 Å². The zero-order valence-corrected chi connectivity index (χ0v) is 5.58. The summed E-state index contributed by atoms with van der Waals surface area (Å²) >= 11 is 0. The van der Waals surface area contributed by atoms with E-state index in [4.69, 9.17) is 0 Å². The summed E-state index contributed by atoms with van der Waals surface area (Å²) in [5.74, 6) is 0. The minimum atomic E-state index is 0.546. The number of carbonyl (C=O) groups is 1. The van der Waals surface area contributed by atoms with Crippen molar-refractivity contribution >= 4 is 6.29 Å². The van der Waals surface area contributed by atoms with Gasteiger partial charge in [0.15, 0.2) is 0 Å². The molecule has 0 aliphatic rings. The van der Waals surface area contributed by atoms with Crippen LogP contribution in [0.1, 0.15) is 12.1 Å². The molecular weight excluding hydrogens is 126 g/mol. The number of aromatic nitrogens is 1. The summed E-state index contributed by atoms with van der Waals surface area (Å²) in [7, 11) is 0. The van der Waals surface area contributed by atoms with Crippen LogP contribution in [0.4, 0.5) is 0 Å². The Bertz CT molecular complexity index is 196. The zero-order chi connectivity index (χ0) is 7.23. The summed E-state index contributed by atoms with van der Waals surface area (Å²) < 4.78 is 0. The second kappa shape index (κ2) is 3.77. The van der Waals surface area contributed by atoms with Gasteiger partial charge in [-0.15, -0.1) is 0 Å². The van der Waals surface area contributed by atoms with E-state index in [1.165, 1.54) is 0 Å². The van der Waals surface area contributed by atoms with E-state index in [-0.39, 0.29) is 0 Å². The molecule has 1 rings (SSSR count). The van der Waals surface area contributed by atoms with Crippen molar-refractivity contribution in [1.29, 1.82) is 0 Å². The van der Waals surface area contributed by atoms with E-state index in [1.54, 1.807) is 6.07 Å². The maximum Gasteiger partial charge on any atom is 0.120 e. The molecule has 0 atom stereocenters. The smallest absolute Gasteiger partial charge is 0.120 e. The molecule has 0 aliphatic heterocycles. The van der Waals surface area contributed by atoms with Gasteiger partial charge < -0.3 is 4.79 Å². The van der Waals surface area contributed by atoms with Gasteiger partial charge in [0.1, 0.15) is 6.29 Å². The molecule has 0 bridgehead atoms. The summed E-state index contributed by atoms with van der Waals surface area (Å²) in [6, 6.07) is 5.50. The molecule has 0 spiro atoms. The van der Waals surface area contributed by atoms with Crippen molar-refractivity contribution in [2.75, 3.05) is 0 Å². The Morgan fingerprint density at radius 1 is 1.70 bits per heavy atom. The lowest BCUT2D eigenvalue weighted by atomic mass is 10.2. The van der Waals surface area contributed by atoms with E-state index in [0.717, 1.165) is 18.4 Å². The number of aryl methyl sites for hydroxylation is 1. The number of nitrogens with zero attached hydrogens (tertiary/aromatic N) is 1. The monoisotopic (exact) mass is 134 g/mol. The number of pyridine rings is 1. The minimum Gasteiger partial charge on any atom is -0.303 e. The van der Waals surface area contributed by atoms with Gasteiger partial charge in [-0.2, -0.15) is 0 Å². The van der Waals surface area contributed by atoms with Crippen molar-refractivity contribution in [1.82, 2.24) is 4.98 Å². The number of aldehydes is 1. The molecule has 1 heterocycles. The Labute approximate surface area is 59.9 Å². The molecule has 0 N–H and O–H groups in total. The van der Waals surface area contributed by atoms with Crippen LogP contribution in [0.2, 0.25) is 0 Å². The standard InChI is InChI=1S/C8H8NO/c10-7-3-5-8-4-1-2-6-9-8/h1-2,4,7H,3,5H2. The summed E-state index contributed by atoms with van der Waals surface area (Å²) in [6.45, 7) is 0. The van der Waals surface area contributed by atoms with E-state index in [0.29, 0.717) is 6.42 Å². The summed E-state index contributed by atoms with van der Waals surface area (Å²) in [4.78, 5) is 13.9. The largest absolute Gasteiger partial charge is 0.303 e. The fourth-order valence-electron chi connectivity index (χ4n) is 0.706. The first kappa shape index (κ1) is 6.93. The van der Waals surface area contributed by atoms with Crippen molar-refractivity contribution in [2.24, 2.45) is 0 Å². The van der Waals surface area contributed by atoms with Gasteiger partial charge in [-0.05, 0) is 18.6 Å². The third-order valence-electron chi connectivity index (χ3n) is 1.19. The molecule has 0 fully saturated rings. The predicted octanol–water partition coefficient (Wildman–Crippen LogP) is 1.01. The molecule has 1 aromatic rings. The molecule has 2 nitrogen and oxygen atoms in total. The second-order valence-corrected chi connectivity index (χ2v) is 1.96. The first-order valence-corrected chi connectivity index (χ1v) is 3.19. The SMILES string of the molecule is O=CCCc1ccc[c]n1. The molecule has 2 heteroatoms. The van der Waals surface area contributed by atoms with Gasteiger partial charge in [0.2, 0.25) is 0 Å². The van der Waals surface area contributed by atoms with Crippen LogP contribution in [0.25, 0.3) is 0 Å². The third kappa shape index (κ3) is 1.97. The Morgan fingerprint density at radius 3 is 3.20 bits per heavy atom. The summed E-state index contributed by atoms with van der Waals surface area (Å²) in [5.41, 5.74) is 0.926. The summed E-state index contributed by atoms with van der Waals surface area (Å²) in [5, 5.41) is 0. The molecule has 0 saturated carbocycles. The molecular formula is C8H8NO. The highest BCUT2D eigenvalue weighted by atomic mass is 16.1. The average Bonchev–Trinajstić information content (AvgIpc) is 2.03. The van der Waals surface area contributed by atoms with E-state index < -0.39 is 0 Å². The minimum absolute atomic E-state index is 0.546. The van der Waals surface area contributed by atoms with Crippen molar-refractivity contribution in [3.05, 3.63) is 30.1 Å². The molecule has 0 amide bonds. The van der Waals surface area contributed by atoms with Crippen LogP contribution >= 0.6 is 0 Å². The molecule has 51 valence electrons. The van der Waals surface area contributed by atoms with Crippen molar-refractivity contribution < 1.29 is 4.79 Å². The zero-order valence-electron chi connectivity index (χ0n) is 5.58. The van der Waals surface area contributed by atoms with Gasteiger partial charge in [-0.3, -0.25) is 4.98 Å². The normalized spacial score (nSPS) is 9.20. The average molecular weight is 134 g/mol. The fourth-order valence-corrected chi connectivity index (χ4v) is 0.706. The Balaban J connectivity index is 2.50. The van der Waals surface area contributed by atoms with Gasteiger partial charge in [0.05, 0.1) is 6.20 Å². The van der Waals surface area contributed by atoms with Crippen LogP contribution in [0.3, 0.4) is 0 Å². The highest BCUT2D eigenvalue weighted by Crippen LogP contribution is 1.94. The van der Waals surface area contributed by atoms with Gasteiger partial charge in [0, 0.05) is 12.1 Å². The lowest BCUT2D eigenvalue weighted by molar-refractivity contribution is -0.107. The van der Waals surface area contributed by atoms with Crippen molar-refractivity contribution in [3.63, 3.8) is 0 Å². The number of carbonyl (C=O) groups excluding carboxylic acids is 1. The second-order valence-electron chi connectivity index (χ2n) is 1.96. The first-order chi connectivity index (χ1) is 4.93. The van der Waals surface area contributed by atoms with Crippen LogP contribution in [-0.2, 0) is 11.2 Å². The number of hydrogen-bond donors (Lipinski definition) is 0. The number of hydrogen-bond acceptors (Lipinski definition) is 2. The maximum absolute atomic E-state index is 9.94. The summed E-state index contributed by atoms with van der Waals surface area (Å²) in [6.07, 6.45) is 4.87. The number of rotatable bonds is 3. The molecule has 0 aromatic carbocycles. The van der Waals surface area contributed by atoms with E-state index in [2.05, 4.69) is 11.2 Å². The van der Waals surface area contributed by atoms with Crippen molar-refractivity contribution in [2.45, 2.75) is 12.8 Å². The Morgan fingerprint density at radius 2 is 2.60 bits per heavy atom. The van der Waals surface area contributed by atoms with Crippen LogP contribution in [-0.4, -0.2) is 11.3 Å². The molecule has 0 unspecified atom stereocenters. The maximum atomic E-state index is 9.94. The van der Waals surface area contributed by atoms with Crippen LogP contribution in [0.15, 0.2) is 18.2 Å². The molecule has 1 aromatic heterocycles. The fraction of sp³-hybridized carbons (Fsp3) is 0.250. The van der Waals surface area contributed by atoms with Gasteiger partial charge in [-0.25, -0.2) is 0 Å². The molecule has 1 radical (unpaired) electrons. The van der Waals surface area contributed by atoms with Crippen LogP contribution in [0.5, 0.6) is 0 Å². The topological polar surface area (TPSA) is 30.0 Å². The highest BCUT2D eigenvalue weighted by Gasteiger charge is 1.89. The quantitative estimate of drug-likeness (QED) is 0.577. The van der Waals surface area contributed by atoms with Gasteiger partial charge >= 0.3 is 0 Å². The lowest BCUT2D eigenvalue weighted by Gasteiger charge is -1.91. The van der Waals surface area contributed by atoms with Gasteiger partial charge in [-0.1, -0.05) is 6.07 Å². The highest BCUT2D eigenvalue weighted by molar-refractivity contribution is 5.49. The van der Waals surface area contributed by atoms with Crippen molar-refractivity contribution in [3.8, 4) is 0 Å². The Hall–Kier alpha value is -1.18. The van der Waals surface area contributed by atoms with Crippen LogP contribution in [0, 0.1) is 6.20 Å². The van der Waals surface area contributed by atoms with E-state index >= 15 is 0 Å². The van der Waals surface area contributed by atoms with Gasteiger partial charge in [0.25, 0.3) is 0 Å². The molecule has 0 saturated heterocycles. The third-order valence-corrected chi connectivity index (χ3v) is 1.19. The van der Waals surface area contributed by atoms with E-state index in [9.17, 15) is 4.79 Å². The molecule has 0 aliphatic carbocycles. The molecule has 10 heavy (non-hydrogen) atoms. The first-order valence-electron chi connectivity index (χ1n) is 3.19. The predicted molar refractivity (Wildman–Crippen MR) is 37.5 cm³/mol.